The molecule has 0 aliphatic carbocycles. The zero-order chi connectivity index (χ0) is 23.6. The van der Waals surface area contributed by atoms with Crippen molar-refractivity contribution in [2.24, 2.45) is 5.92 Å². The Bertz CT molecular complexity index is 1100. The van der Waals surface area contributed by atoms with Gasteiger partial charge in [-0.3, -0.25) is 4.79 Å². The predicted molar refractivity (Wildman–Crippen MR) is 124 cm³/mol. The van der Waals surface area contributed by atoms with Gasteiger partial charge in [-0.2, -0.15) is 5.10 Å². The summed E-state index contributed by atoms with van der Waals surface area (Å²) in [6.07, 6.45) is 0.296. The highest BCUT2D eigenvalue weighted by molar-refractivity contribution is 5.92. The van der Waals surface area contributed by atoms with Crippen LogP contribution in [0.5, 0.6) is 5.75 Å². The van der Waals surface area contributed by atoms with Crippen molar-refractivity contribution in [2.75, 3.05) is 13.1 Å². The van der Waals surface area contributed by atoms with Gasteiger partial charge in [-0.05, 0) is 68.1 Å². The maximum atomic E-state index is 13.3. The Morgan fingerprint density at radius 2 is 1.91 bits per heavy atom. The minimum Gasteiger partial charge on any atom is -0.486 e. The van der Waals surface area contributed by atoms with Crippen LogP contribution < -0.4 is 4.74 Å². The van der Waals surface area contributed by atoms with Crippen LogP contribution in [0.4, 0.5) is 4.39 Å². The van der Waals surface area contributed by atoms with Crippen molar-refractivity contribution in [3.63, 3.8) is 0 Å². The number of para-hydroxylation sites is 1. The minimum absolute atomic E-state index is 0.202. The van der Waals surface area contributed by atoms with Crippen molar-refractivity contribution in [1.82, 2.24) is 14.7 Å². The van der Waals surface area contributed by atoms with Crippen LogP contribution in [0.15, 0.2) is 60.7 Å². The summed E-state index contributed by atoms with van der Waals surface area (Å²) in [7, 11) is 0. The maximum absolute atomic E-state index is 13.3. The molecule has 4 rings (SSSR count). The molecule has 6 nitrogen and oxygen atoms in total. The van der Waals surface area contributed by atoms with E-state index >= 15 is 0 Å². The van der Waals surface area contributed by atoms with Gasteiger partial charge in [-0.25, -0.2) is 9.07 Å². The summed E-state index contributed by atoms with van der Waals surface area (Å²) >= 11 is 0. The summed E-state index contributed by atoms with van der Waals surface area (Å²) in [5.41, 5.74) is 1.01. The van der Waals surface area contributed by atoms with Gasteiger partial charge in [-0.15, -0.1) is 0 Å². The van der Waals surface area contributed by atoms with Crippen molar-refractivity contribution < 1.29 is 19.0 Å². The quantitative estimate of drug-likeness (QED) is 0.604. The molecule has 33 heavy (non-hydrogen) atoms. The van der Waals surface area contributed by atoms with E-state index in [1.165, 1.54) is 24.3 Å². The molecule has 3 aromatic rings. The van der Waals surface area contributed by atoms with E-state index in [2.05, 4.69) is 5.10 Å². The SMILES string of the molecule is Cc1cc(C(=O)N2CC[C@@](O)(CC(C)C)[C@@H](Oc3ccc(F)cc3)C2)nn1-c1ccccc1. The van der Waals surface area contributed by atoms with E-state index < -0.39 is 11.7 Å². The third-order valence-corrected chi connectivity index (χ3v) is 6.05. The molecule has 2 aromatic carbocycles. The molecule has 1 aliphatic heterocycles. The zero-order valence-electron chi connectivity index (χ0n) is 19.2. The van der Waals surface area contributed by atoms with E-state index in [-0.39, 0.29) is 24.2 Å². The number of hydrogen-bond donors (Lipinski definition) is 1. The lowest BCUT2D eigenvalue weighted by Crippen LogP contribution is -2.59. The number of aryl methyl sites for hydroxylation is 1. The van der Waals surface area contributed by atoms with Crippen LogP contribution in [0.25, 0.3) is 5.69 Å². The zero-order valence-corrected chi connectivity index (χ0v) is 19.2. The van der Waals surface area contributed by atoms with Gasteiger partial charge in [0.1, 0.15) is 23.3 Å². The molecule has 0 unspecified atom stereocenters. The average Bonchev–Trinajstić information content (AvgIpc) is 3.18. The number of ether oxygens (including phenoxy) is 1. The van der Waals surface area contributed by atoms with Crippen LogP contribution in [0.3, 0.4) is 0 Å². The first-order valence-electron chi connectivity index (χ1n) is 11.3. The van der Waals surface area contributed by atoms with Crippen LogP contribution in [0, 0.1) is 18.7 Å². The summed E-state index contributed by atoms with van der Waals surface area (Å²) in [6.45, 7) is 6.63. The van der Waals surface area contributed by atoms with Gasteiger partial charge >= 0.3 is 0 Å². The van der Waals surface area contributed by atoms with Crippen molar-refractivity contribution in [3.8, 4) is 11.4 Å². The predicted octanol–water partition coefficient (Wildman–Crippen LogP) is 4.39. The van der Waals surface area contributed by atoms with Crippen LogP contribution in [0.1, 0.15) is 42.9 Å². The third kappa shape index (κ3) is 5.09. The molecule has 1 amide bonds. The smallest absolute Gasteiger partial charge is 0.274 e. The molecule has 2 atom stereocenters. The van der Waals surface area contributed by atoms with Gasteiger partial charge in [0.05, 0.1) is 12.2 Å². The number of carbonyl (C=O) groups excluding carboxylic acids is 1. The van der Waals surface area contributed by atoms with Gasteiger partial charge in [0.2, 0.25) is 0 Å². The Morgan fingerprint density at radius 1 is 1.21 bits per heavy atom. The fourth-order valence-electron chi connectivity index (χ4n) is 4.47. The average molecular weight is 452 g/mol. The van der Waals surface area contributed by atoms with E-state index in [4.69, 9.17) is 4.74 Å². The molecule has 1 saturated heterocycles. The largest absolute Gasteiger partial charge is 0.486 e. The number of aliphatic hydroxyl groups is 1. The summed E-state index contributed by atoms with van der Waals surface area (Å²) in [5, 5.41) is 16.0. The van der Waals surface area contributed by atoms with Gasteiger partial charge in [-0.1, -0.05) is 32.0 Å². The maximum Gasteiger partial charge on any atom is 0.274 e. The third-order valence-electron chi connectivity index (χ3n) is 6.05. The number of aromatic nitrogens is 2. The topological polar surface area (TPSA) is 67.6 Å². The Kier molecular flexibility index (Phi) is 6.51. The highest BCUT2D eigenvalue weighted by atomic mass is 19.1. The normalized spacial score (nSPS) is 20.8. The Morgan fingerprint density at radius 3 is 2.58 bits per heavy atom. The Hall–Kier alpha value is -3.19. The van der Waals surface area contributed by atoms with Gasteiger partial charge in [0, 0.05) is 12.2 Å². The second kappa shape index (κ2) is 9.35. The van der Waals surface area contributed by atoms with Crippen LogP contribution in [0.2, 0.25) is 0 Å². The number of likely N-dealkylation sites (tertiary alicyclic amines) is 1. The highest BCUT2D eigenvalue weighted by Gasteiger charge is 2.45. The van der Waals surface area contributed by atoms with Crippen LogP contribution in [-0.2, 0) is 0 Å². The molecule has 0 saturated carbocycles. The van der Waals surface area contributed by atoms with Crippen molar-refractivity contribution in [3.05, 3.63) is 77.9 Å². The van der Waals surface area contributed by atoms with Gasteiger partial charge in [0.25, 0.3) is 5.91 Å². The van der Waals surface area contributed by atoms with Gasteiger partial charge in [0.15, 0.2) is 5.69 Å². The van der Waals surface area contributed by atoms with Crippen molar-refractivity contribution >= 4 is 5.91 Å². The van der Waals surface area contributed by atoms with Gasteiger partial charge < -0.3 is 14.7 Å². The molecule has 1 N–H and O–H groups in total. The minimum atomic E-state index is -1.08. The van der Waals surface area contributed by atoms with E-state index in [0.717, 1.165) is 11.4 Å². The second-order valence-corrected chi connectivity index (χ2v) is 9.18. The van der Waals surface area contributed by atoms with Crippen LogP contribution in [-0.4, -0.2) is 50.5 Å². The molecular formula is C26H30FN3O3. The number of nitrogens with zero attached hydrogens (tertiary/aromatic N) is 3. The molecule has 0 bridgehead atoms. The number of benzene rings is 2. The molecule has 1 fully saturated rings. The molecular weight excluding hydrogens is 421 g/mol. The molecule has 7 heteroatoms. The number of hydrogen-bond acceptors (Lipinski definition) is 4. The summed E-state index contributed by atoms with van der Waals surface area (Å²) in [6, 6.07) is 17.2. The first-order chi connectivity index (χ1) is 15.7. The first-order valence-corrected chi connectivity index (χ1v) is 11.3. The molecule has 1 aromatic heterocycles. The van der Waals surface area contributed by atoms with E-state index in [9.17, 15) is 14.3 Å². The Balaban J connectivity index is 1.56. The monoisotopic (exact) mass is 451 g/mol. The highest BCUT2D eigenvalue weighted by Crippen LogP contribution is 2.33. The lowest BCUT2D eigenvalue weighted by molar-refractivity contribution is -0.111. The summed E-state index contributed by atoms with van der Waals surface area (Å²) < 4.78 is 21.2. The molecule has 1 aliphatic rings. The number of halogens is 1. The molecule has 0 radical (unpaired) electrons. The van der Waals surface area contributed by atoms with E-state index in [1.807, 2.05) is 51.1 Å². The van der Waals surface area contributed by atoms with Crippen molar-refractivity contribution in [1.29, 1.82) is 0 Å². The fraction of sp³-hybridized carbons (Fsp3) is 0.385. The second-order valence-electron chi connectivity index (χ2n) is 9.18. The lowest BCUT2D eigenvalue weighted by Gasteiger charge is -2.45. The number of carbonyl (C=O) groups is 1. The van der Waals surface area contributed by atoms with Crippen LogP contribution >= 0.6 is 0 Å². The number of amides is 1. The molecule has 0 spiro atoms. The lowest BCUT2D eigenvalue weighted by atomic mass is 9.81. The number of rotatable bonds is 6. The van der Waals surface area contributed by atoms with Crippen molar-refractivity contribution in [2.45, 2.75) is 45.3 Å². The Labute approximate surface area is 193 Å². The fourth-order valence-corrected chi connectivity index (χ4v) is 4.47. The summed E-state index contributed by atoms with van der Waals surface area (Å²) in [4.78, 5) is 15.0. The summed E-state index contributed by atoms with van der Waals surface area (Å²) in [5.74, 6) is 0.152. The molecule has 2 heterocycles. The molecule has 174 valence electrons. The first kappa shape index (κ1) is 23.0. The standard InChI is InChI=1S/C26H30FN3O3/c1-18(2)16-26(32)13-14-29(17-24(26)33-22-11-9-20(27)10-12-22)25(31)23-15-19(3)30(28-23)21-7-5-4-6-8-21/h4-12,15,18,24,32H,13-14,16-17H2,1-3H3/t24-,26+/m0/s1. The van der Waals surface area contributed by atoms with E-state index in [0.29, 0.717) is 30.8 Å². The number of piperidine rings is 1. The van der Waals surface area contributed by atoms with E-state index in [1.54, 1.807) is 15.6 Å².